The molecule has 1 heterocycles. The Morgan fingerprint density at radius 1 is 1.19 bits per heavy atom. The molecule has 0 aliphatic carbocycles. The van der Waals surface area contributed by atoms with Gasteiger partial charge in [-0.05, 0) is 39.8 Å². The first-order chi connectivity index (χ1) is 12.7. The van der Waals surface area contributed by atoms with Crippen molar-refractivity contribution in [2.75, 3.05) is 13.0 Å². The highest BCUT2D eigenvalue weighted by molar-refractivity contribution is 7.53. The van der Waals surface area contributed by atoms with E-state index in [9.17, 15) is 9.36 Å². The molecule has 0 unspecified atom stereocenters. The average Bonchev–Trinajstić information content (AvgIpc) is 2.92. The number of carbonyl (C=O) groups is 1. The predicted molar refractivity (Wildman–Crippen MR) is 101 cm³/mol. The number of rotatable bonds is 9. The van der Waals surface area contributed by atoms with Crippen LogP contribution in [0.4, 0.5) is 0 Å². The first-order valence-corrected chi connectivity index (χ1v) is 10.6. The van der Waals surface area contributed by atoms with Crippen molar-refractivity contribution in [2.45, 2.75) is 58.1 Å². The number of hydrogen-bond donors (Lipinski definition) is 0. The number of ether oxygens (including phenoxy) is 3. The molecule has 3 atom stereocenters. The number of benzene rings is 1. The minimum absolute atomic E-state index is 0.108. The van der Waals surface area contributed by atoms with Crippen molar-refractivity contribution in [3.05, 3.63) is 35.9 Å². The minimum atomic E-state index is -3.48. The molecular weight excluding hydrogens is 370 g/mol. The fraction of sp³-hybridized carbons (Fsp3) is 0.611. The van der Waals surface area contributed by atoms with E-state index < -0.39 is 31.8 Å². The molecule has 27 heavy (non-hydrogen) atoms. The van der Waals surface area contributed by atoms with E-state index in [1.807, 2.05) is 0 Å². The lowest BCUT2D eigenvalue weighted by Gasteiger charge is -2.26. The Morgan fingerprint density at radius 2 is 1.78 bits per heavy atom. The normalized spacial score (nSPS) is 23.1. The standard InChI is InChI=1S/C18H26BO7P/c1-12(2)25-27(21,26-13(3)4)11-23-15-10-22-17(19)16(15)24-18(20)14-8-6-5-7-9-14/h5-9,12-13,15-17H,10-11H2,1-4H3/t15-,16+,17+/m0/s1. The first-order valence-electron chi connectivity index (χ1n) is 8.91. The van der Waals surface area contributed by atoms with Crippen LogP contribution in [0.5, 0.6) is 0 Å². The zero-order valence-corrected chi connectivity index (χ0v) is 17.0. The lowest BCUT2D eigenvalue weighted by Crippen LogP contribution is -2.37. The summed E-state index contributed by atoms with van der Waals surface area (Å²) in [7, 11) is 2.40. The van der Waals surface area contributed by atoms with Gasteiger partial charge in [-0.1, -0.05) is 18.2 Å². The molecule has 0 aromatic heterocycles. The van der Waals surface area contributed by atoms with Gasteiger partial charge in [0, 0.05) is 0 Å². The summed E-state index contributed by atoms with van der Waals surface area (Å²) < 4.78 is 40.3. The van der Waals surface area contributed by atoms with Crippen molar-refractivity contribution in [3.63, 3.8) is 0 Å². The van der Waals surface area contributed by atoms with Crippen LogP contribution >= 0.6 is 7.60 Å². The Kier molecular flexibility index (Phi) is 8.07. The average molecular weight is 396 g/mol. The molecule has 0 bridgehead atoms. The Bertz CT molecular complexity index is 638. The second kappa shape index (κ2) is 9.85. The zero-order valence-electron chi connectivity index (χ0n) is 16.1. The summed E-state index contributed by atoms with van der Waals surface area (Å²) in [6.07, 6.45) is -2.39. The van der Waals surface area contributed by atoms with E-state index >= 15 is 0 Å². The van der Waals surface area contributed by atoms with E-state index in [0.29, 0.717) is 5.56 Å². The zero-order chi connectivity index (χ0) is 20.0. The van der Waals surface area contributed by atoms with Crippen LogP contribution < -0.4 is 0 Å². The van der Waals surface area contributed by atoms with Gasteiger partial charge >= 0.3 is 13.6 Å². The summed E-state index contributed by atoms with van der Waals surface area (Å²) in [5.41, 5.74) is 0.396. The Morgan fingerprint density at radius 3 is 2.33 bits per heavy atom. The van der Waals surface area contributed by atoms with E-state index in [0.717, 1.165) is 0 Å². The van der Waals surface area contributed by atoms with Gasteiger partial charge in [-0.15, -0.1) is 0 Å². The highest BCUT2D eigenvalue weighted by Gasteiger charge is 2.40. The molecule has 7 nitrogen and oxygen atoms in total. The van der Waals surface area contributed by atoms with Gasteiger partial charge in [0.25, 0.3) is 0 Å². The van der Waals surface area contributed by atoms with Gasteiger partial charge in [-0.2, -0.15) is 0 Å². The van der Waals surface area contributed by atoms with Gasteiger partial charge in [0.2, 0.25) is 0 Å². The maximum absolute atomic E-state index is 12.9. The maximum Gasteiger partial charge on any atom is 0.356 e. The lowest BCUT2D eigenvalue weighted by atomic mass is 9.93. The van der Waals surface area contributed by atoms with Crippen molar-refractivity contribution >= 4 is 21.4 Å². The molecule has 1 aromatic rings. The van der Waals surface area contributed by atoms with E-state index in [4.69, 9.17) is 31.1 Å². The molecule has 2 rings (SSSR count). The van der Waals surface area contributed by atoms with Crippen molar-refractivity contribution in [3.8, 4) is 0 Å². The van der Waals surface area contributed by atoms with Crippen LogP contribution in [0.15, 0.2) is 30.3 Å². The van der Waals surface area contributed by atoms with Gasteiger partial charge in [0.1, 0.15) is 26.4 Å². The van der Waals surface area contributed by atoms with E-state index in [-0.39, 0.29) is 25.2 Å². The highest BCUT2D eigenvalue weighted by Crippen LogP contribution is 2.50. The van der Waals surface area contributed by atoms with Crippen LogP contribution in [0.2, 0.25) is 0 Å². The Labute approximate surface area is 161 Å². The van der Waals surface area contributed by atoms with Crippen LogP contribution in [-0.4, -0.2) is 57.2 Å². The van der Waals surface area contributed by atoms with Gasteiger partial charge < -0.3 is 23.3 Å². The van der Waals surface area contributed by atoms with Crippen molar-refractivity contribution in [1.82, 2.24) is 0 Å². The molecule has 1 aliphatic heterocycles. The molecule has 1 aliphatic rings. The van der Waals surface area contributed by atoms with Crippen molar-refractivity contribution in [2.24, 2.45) is 0 Å². The summed E-state index contributed by atoms with van der Waals surface area (Å²) >= 11 is 0. The largest absolute Gasteiger partial charge is 0.454 e. The Balaban J connectivity index is 2.01. The number of hydrogen-bond acceptors (Lipinski definition) is 7. The van der Waals surface area contributed by atoms with Gasteiger partial charge in [0.15, 0.2) is 0 Å². The minimum Gasteiger partial charge on any atom is -0.454 e. The summed E-state index contributed by atoms with van der Waals surface area (Å²) in [6, 6.07) is 7.71. The third-order valence-electron chi connectivity index (χ3n) is 3.59. The molecule has 0 spiro atoms. The topological polar surface area (TPSA) is 80.3 Å². The quantitative estimate of drug-likeness (QED) is 0.361. The molecule has 9 heteroatoms. The van der Waals surface area contributed by atoms with Gasteiger partial charge in [-0.25, -0.2) is 4.79 Å². The fourth-order valence-electron chi connectivity index (χ4n) is 2.57. The van der Waals surface area contributed by atoms with Crippen LogP contribution in [0, 0.1) is 0 Å². The van der Waals surface area contributed by atoms with Crippen LogP contribution in [-0.2, 0) is 27.8 Å². The van der Waals surface area contributed by atoms with E-state index in [1.165, 1.54) is 0 Å². The fourth-order valence-corrected chi connectivity index (χ4v) is 4.40. The highest BCUT2D eigenvalue weighted by atomic mass is 31.2. The lowest BCUT2D eigenvalue weighted by molar-refractivity contribution is -0.0265. The molecule has 1 fully saturated rings. The van der Waals surface area contributed by atoms with E-state index in [1.54, 1.807) is 58.0 Å². The predicted octanol–water partition coefficient (Wildman–Crippen LogP) is 3.12. The van der Waals surface area contributed by atoms with Crippen molar-refractivity contribution in [1.29, 1.82) is 0 Å². The molecule has 1 aromatic carbocycles. The summed E-state index contributed by atoms with van der Waals surface area (Å²) in [4.78, 5) is 12.3. The van der Waals surface area contributed by atoms with E-state index in [2.05, 4.69) is 0 Å². The molecule has 0 amide bonds. The second-order valence-corrected chi connectivity index (χ2v) is 8.69. The molecule has 0 saturated carbocycles. The van der Waals surface area contributed by atoms with Crippen molar-refractivity contribution < 1.29 is 32.6 Å². The number of carbonyl (C=O) groups excluding carboxylic acids is 1. The third kappa shape index (κ3) is 6.73. The van der Waals surface area contributed by atoms with Crippen LogP contribution in [0.3, 0.4) is 0 Å². The Hall–Kier alpha value is -1.18. The number of esters is 1. The maximum atomic E-state index is 12.9. The summed E-state index contributed by atoms with van der Waals surface area (Å²) in [5, 5.41) is 0. The monoisotopic (exact) mass is 396 g/mol. The van der Waals surface area contributed by atoms with Crippen LogP contribution in [0.25, 0.3) is 0 Å². The smallest absolute Gasteiger partial charge is 0.356 e. The molecule has 2 radical (unpaired) electrons. The molecular formula is C18H26BO7P. The summed E-state index contributed by atoms with van der Waals surface area (Å²) in [6.45, 7) is 7.15. The summed E-state index contributed by atoms with van der Waals surface area (Å²) in [5.74, 6) is -0.532. The molecule has 0 N–H and O–H groups in total. The van der Waals surface area contributed by atoms with Crippen LogP contribution in [0.1, 0.15) is 38.1 Å². The third-order valence-corrected chi connectivity index (χ3v) is 5.54. The second-order valence-electron chi connectivity index (χ2n) is 6.79. The first kappa shape index (κ1) is 22.1. The molecule has 148 valence electrons. The molecule has 1 saturated heterocycles. The SMILES string of the molecule is [B][C@@H]1OC[C@H](OCP(=O)(OC(C)C)OC(C)C)[C@H]1OC(=O)c1ccccc1. The van der Waals surface area contributed by atoms with Gasteiger partial charge in [0.05, 0.1) is 30.4 Å². The van der Waals surface area contributed by atoms with Gasteiger partial charge in [-0.3, -0.25) is 4.57 Å².